The summed E-state index contributed by atoms with van der Waals surface area (Å²) >= 11 is 0. The number of nitrogens with one attached hydrogen (secondary N) is 1. The van der Waals surface area contributed by atoms with Gasteiger partial charge in [0.25, 0.3) is 0 Å². The summed E-state index contributed by atoms with van der Waals surface area (Å²) in [6.45, 7) is 2.02. The van der Waals surface area contributed by atoms with Gasteiger partial charge >= 0.3 is 11.9 Å². The average molecular weight is 363 g/mol. The Morgan fingerprint density at radius 3 is 2.56 bits per heavy atom. The second kappa shape index (κ2) is 6.58. The summed E-state index contributed by atoms with van der Waals surface area (Å²) in [5.41, 5.74) is 4.97. The summed E-state index contributed by atoms with van der Waals surface area (Å²) < 4.78 is 4.99. The van der Waals surface area contributed by atoms with Crippen LogP contribution in [0.15, 0.2) is 48.6 Å². The summed E-state index contributed by atoms with van der Waals surface area (Å²) in [6.07, 6.45) is 5.24. The Bertz CT molecular complexity index is 946. The number of carboxylic acids is 1. The smallest absolute Gasteiger partial charge is 0.338 e. The number of carbonyl (C=O) groups excluding carboxylic acids is 1. The van der Waals surface area contributed by atoms with Gasteiger partial charge in [0.15, 0.2) is 0 Å². The van der Waals surface area contributed by atoms with E-state index in [1.165, 1.54) is 7.11 Å². The number of hydrogen-bond donors (Lipinski definition) is 2. The third kappa shape index (κ3) is 2.79. The molecule has 0 fully saturated rings. The number of aromatic carboxylic acids is 1. The van der Waals surface area contributed by atoms with Crippen LogP contribution < -0.4 is 5.32 Å². The van der Waals surface area contributed by atoms with Gasteiger partial charge in [-0.2, -0.15) is 0 Å². The maximum Gasteiger partial charge on any atom is 0.338 e. The molecule has 1 heterocycles. The van der Waals surface area contributed by atoms with Crippen LogP contribution in [0.2, 0.25) is 0 Å². The molecule has 2 aliphatic rings. The van der Waals surface area contributed by atoms with Gasteiger partial charge in [-0.05, 0) is 54.2 Å². The molecule has 0 saturated carbocycles. The summed E-state index contributed by atoms with van der Waals surface area (Å²) in [5, 5.41) is 12.8. The van der Waals surface area contributed by atoms with Gasteiger partial charge in [0.2, 0.25) is 0 Å². The number of carboxylic acid groups (broad SMARTS) is 1. The molecule has 138 valence electrons. The fourth-order valence-corrected chi connectivity index (χ4v) is 4.31. The molecule has 0 amide bonds. The molecule has 5 heteroatoms. The van der Waals surface area contributed by atoms with Crippen molar-refractivity contribution in [2.45, 2.75) is 25.3 Å². The van der Waals surface area contributed by atoms with Crippen LogP contribution in [0.3, 0.4) is 0 Å². The van der Waals surface area contributed by atoms with Crippen LogP contribution in [0, 0.1) is 12.8 Å². The Hall–Kier alpha value is -3.08. The highest BCUT2D eigenvalue weighted by Crippen LogP contribution is 2.51. The van der Waals surface area contributed by atoms with Gasteiger partial charge in [-0.15, -0.1) is 0 Å². The molecule has 2 N–H and O–H groups in total. The van der Waals surface area contributed by atoms with Crippen LogP contribution >= 0.6 is 0 Å². The molecule has 0 saturated heterocycles. The Balaban J connectivity index is 1.80. The summed E-state index contributed by atoms with van der Waals surface area (Å²) in [7, 11) is 1.40. The molecule has 2 aromatic carbocycles. The van der Waals surface area contributed by atoms with E-state index in [0.717, 1.165) is 28.8 Å². The van der Waals surface area contributed by atoms with Crippen LogP contribution in [0.1, 0.15) is 55.8 Å². The minimum absolute atomic E-state index is 0.0481. The third-order valence-electron chi connectivity index (χ3n) is 5.65. The molecule has 0 bridgehead atoms. The first-order valence-electron chi connectivity index (χ1n) is 8.99. The number of carbonyl (C=O) groups is 2. The zero-order chi connectivity index (χ0) is 19.1. The van der Waals surface area contributed by atoms with Gasteiger partial charge < -0.3 is 15.2 Å². The second-order valence-electron chi connectivity index (χ2n) is 7.11. The van der Waals surface area contributed by atoms with Crippen molar-refractivity contribution in [3.8, 4) is 0 Å². The van der Waals surface area contributed by atoms with E-state index >= 15 is 0 Å². The van der Waals surface area contributed by atoms with Crippen LogP contribution in [0.4, 0.5) is 5.69 Å². The number of benzene rings is 2. The minimum atomic E-state index is -0.928. The Labute approximate surface area is 157 Å². The van der Waals surface area contributed by atoms with Crippen molar-refractivity contribution in [1.82, 2.24) is 0 Å². The minimum Gasteiger partial charge on any atom is -0.478 e. The van der Waals surface area contributed by atoms with Crippen LogP contribution in [-0.4, -0.2) is 24.2 Å². The molecule has 4 rings (SSSR count). The predicted octanol–water partition coefficient (Wildman–Crippen LogP) is 4.31. The number of esters is 1. The number of anilines is 1. The topological polar surface area (TPSA) is 75.6 Å². The lowest BCUT2D eigenvalue weighted by Crippen LogP contribution is -2.31. The molecule has 0 spiro atoms. The summed E-state index contributed by atoms with van der Waals surface area (Å²) in [6, 6.07) is 10.9. The standard InChI is InChI=1S/C22H21NO4/c1-12-6-11-17(22(26)27-2)18-15-4-3-5-16(15)20(23-19(12)18)13-7-9-14(10-8-13)21(24)25/h3-4,6-11,15-16,20,23H,5H2,1-2H3,(H,24,25)/t15?,16?,20-/m1/s1. The van der Waals surface area contributed by atoms with Crippen molar-refractivity contribution in [1.29, 1.82) is 0 Å². The fraction of sp³-hybridized carbons (Fsp3) is 0.273. The van der Waals surface area contributed by atoms with Crippen molar-refractivity contribution in [2.24, 2.45) is 5.92 Å². The molecule has 3 atom stereocenters. The van der Waals surface area contributed by atoms with E-state index in [2.05, 4.69) is 17.5 Å². The average Bonchev–Trinajstić information content (AvgIpc) is 3.17. The van der Waals surface area contributed by atoms with E-state index in [9.17, 15) is 9.59 Å². The van der Waals surface area contributed by atoms with Gasteiger partial charge in [-0.3, -0.25) is 0 Å². The summed E-state index contributed by atoms with van der Waals surface area (Å²) in [5.74, 6) is -0.864. The van der Waals surface area contributed by atoms with Crippen LogP contribution in [0.25, 0.3) is 0 Å². The van der Waals surface area contributed by atoms with E-state index in [1.54, 1.807) is 12.1 Å². The van der Waals surface area contributed by atoms with Gasteiger partial charge in [0, 0.05) is 11.6 Å². The maximum atomic E-state index is 12.3. The lowest BCUT2D eigenvalue weighted by atomic mass is 9.74. The van der Waals surface area contributed by atoms with E-state index in [4.69, 9.17) is 9.84 Å². The van der Waals surface area contributed by atoms with E-state index < -0.39 is 5.97 Å². The Morgan fingerprint density at radius 2 is 1.89 bits per heavy atom. The molecule has 5 nitrogen and oxygen atoms in total. The first kappa shape index (κ1) is 17.3. The zero-order valence-corrected chi connectivity index (χ0v) is 15.2. The van der Waals surface area contributed by atoms with Crippen molar-refractivity contribution >= 4 is 17.6 Å². The first-order valence-corrected chi connectivity index (χ1v) is 8.99. The highest BCUT2D eigenvalue weighted by molar-refractivity contribution is 5.94. The first-order chi connectivity index (χ1) is 13.0. The molecular formula is C22H21NO4. The highest BCUT2D eigenvalue weighted by atomic mass is 16.5. The Morgan fingerprint density at radius 1 is 1.15 bits per heavy atom. The molecule has 2 aromatic rings. The molecule has 1 aliphatic heterocycles. The number of ether oxygens (including phenoxy) is 1. The number of rotatable bonds is 3. The van der Waals surface area contributed by atoms with E-state index in [0.29, 0.717) is 5.56 Å². The SMILES string of the molecule is COC(=O)c1ccc(C)c2c1C1C=CCC1[C@@H](c1ccc(C(=O)O)cc1)N2. The van der Waals surface area contributed by atoms with Gasteiger partial charge in [0.05, 0.1) is 24.3 Å². The van der Waals surface area contributed by atoms with Gasteiger partial charge in [-0.1, -0.05) is 30.4 Å². The number of aryl methyl sites for hydroxylation is 1. The normalized spacial score (nSPS) is 22.5. The van der Waals surface area contributed by atoms with Gasteiger partial charge in [0.1, 0.15) is 0 Å². The number of allylic oxidation sites excluding steroid dienone is 2. The third-order valence-corrected chi connectivity index (χ3v) is 5.65. The van der Waals surface area contributed by atoms with Crippen molar-refractivity contribution < 1.29 is 19.4 Å². The quantitative estimate of drug-likeness (QED) is 0.628. The highest BCUT2D eigenvalue weighted by Gasteiger charge is 2.40. The molecule has 2 unspecified atom stereocenters. The largest absolute Gasteiger partial charge is 0.478 e. The van der Waals surface area contributed by atoms with E-state index in [1.807, 2.05) is 31.2 Å². The van der Waals surface area contributed by atoms with E-state index in [-0.39, 0.29) is 29.4 Å². The van der Waals surface area contributed by atoms with Gasteiger partial charge in [-0.25, -0.2) is 9.59 Å². The van der Waals surface area contributed by atoms with Crippen molar-refractivity contribution in [3.63, 3.8) is 0 Å². The molecule has 27 heavy (non-hydrogen) atoms. The fourth-order valence-electron chi connectivity index (χ4n) is 4.31. The van der Waals surface area contributed by atoms with Crippen LogP contribution in [0.5, 0.6) is 0 Å². The predicted molar refractivity (Wildman–Crippen MR) is 102 cm³/mol. The summed E-state index contributed by atoms with van der Waals surface area (Å²) in [4.78, 5) is 23.4. The van der Waals surface area contributed by atoms with Crippen molar-refractivity contribution in [3.05, 3.63) is 76.4 Å². The zero-order valence-electron chi connectivity index (χ0n) is 15.2. The molecule has 0 radical (unpaired) electrons. The van der Waals surface area contributed by atoms with Crippen LogP contribution in [-0.2, 0) is 4.74 Å². The molecule has 1 aliphatic carbocycles. The lowest BCUT2D eigenvalue weighted by molar-refractivity contribution is 0.0597. The lowest BCUT2D eigenvalue weighted by Gasteiger charge is -2.39. The molecule has 0 aromatic heterocycles. The number of hydrogen-bond acceptors (Lipinski definition) is 4. The maximum absolute atomic E-state index is 12.3. The van der Waals surface area contributed by atoms with Crippen molar-refractivity contribution in [2.75, 3.05) is 12.4 Å². The second-order valence-corrected chi connectivity index (χ2v) is 7.11. The number of methoxy groups -OCH3 is 1. The Kier molecular flexibility index (Phi) is 4.22. The molecular weight excluding hydrogens is 342 g/mol. The number of fused-ring (bicyclic) bond motifs is 3. The monoisotopic (exact) mass is 363 g/mol.